The van der Waals surface area contributed by atoms with Crippen molar-refractivity contribution in [1.82, 2.24) is 0 Å². The summed E-state index contributed by atoms with van der Waals surface area (Å²) in [4.78, 5) is 0. The maximum absolute atomic E-state index is 13.0. The summed E-state index contributed by atoms with van der Waals surface area (Å²) in [6.07, 6.45) is -0.413. The number of halogens is 4. The molecule has 0 saturated carbocycles. The first kappa shape index (κ1) is 15.0. The van der Waals surface area contributed by atoms with Gasteiger partial charge in [0.25, 0.3) is 0 Å². The fourth-order valence-corrected chi connectivity index (χ4v) is 2.90. The highest BCUT2D eigenvalue weighted by Crippen LogP contribution is 2.28. The van der Waals surface area contributed by atoms with Gasteiger partial charge in [-0.2, -0.15) is 0 Å². The van der Waals surface area contributed by atoms with Gasteiger partial charge in [0.1, 0.15) is 5.82 Å². The Bertz CT molecular complexity index is 604. The molecule has 1 nitrogen and oxygen atoms in total. The van der Waals surface area contributed by atoms with Crippen LogP contribution in [0, 0.1) is 9.39 Å². The molecule has 1 N–H and O–H groups in total. The average Bonchev–Trinajstić information content (AvgIpc) is 2.35. The summed E-state index contributed by atoms with van der Waals surface area (Å²) in [6.45, 7) is 0. The van der Waals surface area contributed by atoms with Crippen molar-refractivity contribution < 1.29 is 9.50 Å². The van der Waals surface area contributed by atoms with E-state index >= 15 is 0 Å². The number of hydrogen-bond donors (Lipinski definition) is 1. The van der Waals surface area contributed by atoms with Gasteiger partial charge in [-0.25, -0.2) is 4.39 Å². The van der Waals surface area contributed by atoms with Crippen LogP contribution in [-0.4, -0.2) is 5.11 Å². The molecule has 2 aromatic rings. The minimum absolute atomic E-state index is 0.315. The van der Waals surface area contributed by atoms with E-state index in [-0.39, 0.29) is 5.82 Å². The molecule has 1 atom stereocenters. The van der Waals surface area contributed by atoms with Crippen LogP contribution in [-0.2, 0) is 6.42 Å². The highest BCUT2D eigenvalue weighted by Gasteiger charge is 2.14. The molecular weight excluding hydrogens is 401 g/mol. The second kappa shape index (κ2) is 6.39. The highest BCUT2D eigenvalue weighted by molar-refractivity contribution is 14.1. The molecule has 0 aliphatic heterocycles. The third-order valence-corrected chi connectivity index (χ3v) is 4.31. The summed E-state index contributed by atoms with van der Waals surface area (Å²) in [5, 5.41) is 11.1. The summed E-state index contributed by atoms with van der Waals surface area (Å²) >= 11 is 14.0. The van der Waals surface area contributed by atoms with Crippen molar-refractivity contribution in [3.63, 3.8) is 0 Å². The number of aliphatic hydroxyl groups excluding tert-OH is 1. The number of benzene rings is 2. The van der Waals surface area contributed by atoms with E-state index in [0.717, 1.165) is 9.13 Å². The van der Waals surface area contributed by atoms with Crippen LogP contribution < -0.4 is 0 Å². The van der Waals surface area contributed by atoms with Crippen molar-refractivity contribution in [3.8, 4) is 0 Å². The van der Waals surface area contributed by atoms with Crippen LogP contribution in [0.2, 0.25) is 10.0 Å². The lowest BCUT2D eigenvalue weighted by atomic mass is 10.0. The average molecular weight is 411 g/mol. The Morgan fingerprint density at radius 2 is 1.89 bits per heavy atom. The maximum Gasteiger partial charge on any atom is 0.124 e. The zero-order valence-corrected chi connectivity index (χ0v) is 13.4. The molecule has 0 bridgehead atoms. The molecule has 0 amide bonds. The van der Waals surface area contributed by atoms with Gasteiger partial charge < -0.3 is 5.11 Å². The van der Waals surface area contributed by atoms with Crippen LogP contribution in [0.5, 0.6) is 0 Å². The van der Waals surface area contributed by atoms with E-state index in [9.17, 15) is 9.50 Å². The van der Waals surface area contributed by atoms with Crippen LogP contribution >= 0.6 is 45.8 Å². The van der Waals surface area contributed by atoms with E-state index < -0.39 is 6.10 Å². The fourth-order valence-electron chi connectivity index (χ4n) is 1.78. The Hall–Kier alpha value is -0.360. The topological polar surface area (TPSA) is 20.2 Å². The first-order valence-corrected chi connectivity index (χ1v) is 7.38. The Balaban J connectivity index is 2.25. The van der Waals surface area contributed by atoms with Gasteiger partial charge in [0.2, 0.25) is 0 Å². The summed E-state index contributed by atoms with van der Waals surface area (Å²) in [7, 11) is 0. The lowest BCUT2D eigenvalue weighted by Gasteiger charge is -2.14. The van der Waals surface area contributed by atoms with E-state index in [2.05, 4.69) is 22.6 Å². The van der Waals surface area contributed by atoms with Gasteiger partial charge in [-0.1, -0.05) is 29.3 Å². The third kappa shape index (κ3) is 3.81. The Kier molecular flexibility index (Phi) is 5.06. The molecule has 0 radical (unpaired) electrons. The summed E-state index contributed by atoms with van der Waals surface area (Å²) in [5.41, 5.74) is 1.44. The predicted molar refractivity (Wildman–Crippen MR) is 84.2 cm³/mol. The second-order valence-corrected chi connectivity index (χ2v) is 6.13. The smallest absolute Gasteiger partial charge is 0.124 e. The first-order chi connectivity index (χ1) is 8.97. The van der Waals surface area contributed by atoms with Crippen molar-refractivity contribution in [1.29, 1.82) is 0 Å². The molecule has 0 heterocycles. The first-order valence-electron chi connectivity index (χ1n) is 5.54. The molecule has 1 unspecified atom stereocenters. The molecule has 0 aromatic heterocycles. The molecule has 19 heavy (non-hydrogen) atoms. The van der Waals surface area contributed by atoms with Crippen molar-refractivity contribution in [3.05, 3.63) is 67.0 Å². The van der Waals surface area contributed by atoms with Crippen LogP contribution in [0.25, 0.3) is 0 Å². The molecule has 100 valence electrons. The highest BCUT2D eigenvalue weighted by atomic mass is 127. The lowest BCUT2D eigenvalue weighted by Crippen LogP contribution is -2.04. The summed E-state index contributed by atoms with van der Waals surface area (Å²) in [5.74, 6) is -0.388. The Morgan fingerprint density at radius 3 is 2.58 bits per heavy atom. The van der Waals surface area contributed by atoms with Crippen LogP contribution in [0.3, 0.4) is 0 Å². The minimum Gasteiger partial charge on any atom is -0.388 e. The van der Waals surface area contributed by atoms with Gasteiger partial charge in [0, 0.05) is 20.0 Å². The minimum atomic E-state index is -0.728. The Labute approximate surface area is 134 Å². The van der Waals surface area contributed by atoms with Gasteiger partial charge in [-0.15, -0.1) is 0 Å². The SMILES string of the molecule is OC(Cc1ccc(F)cc1Cl)c1cc(Cl)ccc1I. The van der Waals surface area contributed by atoms with Crippen molar-refractivity contribution in [2.45, 2.75) is 12.5 Å². The molecular formula is C14H10Cl2FIO. The normalized spacial score (nSPS) is 12.5. The van der Waals surface area contributed by atoms with E-state index in [1.165, 1.54) is 12.1 Å². The molecule has 2 aromatic carbocycles. The largest absolute Gasteiger partial charge is 0.388 e. The molecule has 0 aliphatic carbocycles. The molecule has 2 rings (SSSR count). The zero-order chi connectivity index (χ0) is 14.0. The van der Waals surface area contributed by atoms with Gasteiger partial charge in [-0.05, 0) is 64.0 Å². The number of aliphatic hydroxyl groups is 1. The number of rotatable bonds is 3. The fraction of sp³-hybridized carbons (Fsp3) is 0.143. The van der Waals surface area contributed by atoms with Crippen LogP contribution in [0.1, 0.15) is 17.2 Å². The number of hydrogen-bond acceptors (Lipinski definition) is 1. The maximum atomic E-state index is 13.0. The standard InChI is InChI=1S/C14H10Cl2FIO/c15-9-2-4-13(18)11(6-9)14(19)5-8-1-3-10(17)7-12(8)16/h1-4,6-7,14,19H,5H2. The van der Waals surface area contributed by atoms with Gasteiger partial charge in [0.05, 0.1) is 6.10 Å². The monoisotopic (exact) mass is 410 g/mol. The van der Waals surface area contributed by atoms with Gasteiger partial charge in [0.15, 0.2) is 0 Å². The van der Waals surface area contributed by atoms with Crippen molar-refractivity contribution in [2.24, 2.45) is 0 Å². The summed E-state index contributed by atoms with van der Waals surface area (Å²) in [6, 6.07) is 9.49. The Morgan fingerprint density at radius 1 is 1.16 bits per heavy atom. The van der Waals surface area contributed by atoms with E-state index in [1.807, 2.05) is 6.07 Å². The second-order valence-electron chi connectivity index (χ2n) is 4.12. The molecule has 0 fully saturated rings. The van der Waals surface area contributed by atoms with Gasteiger partial charge >= 0.3 is 0 Å². The van der Waals surface area contributed by atoms with E-state index in [4.69, 9.17) is 23.2 Å². The lowest BCUT2D eigenvalue weighted by molar-refractivity contribution is 0.177. The predicted octanol–water partition coefficient (Wildman–Crippen LogP) is 5.01. The molecule has 0 spiro atoms. The quantitative estimate of drug-likeness (QED) is 0.705. The molecule has 5 heteroatoms. The van der Waals surface area contributed by atoms with Gasteiger partial charge in [-0.3, -0.25) is 0 Å². The third-order valence-electron chi connectivity index (χ3n) is 2.75. The van der Waals surface area contributed by atoms with Crippen LogP contribution in [0.15, 0.2) is 36.4 Å². The zero-order valence-electron chi connectivity index (χ0n) is 9.71. The van der Waals surface area contributed by atoms with Crippen molar-refractivity contribution >= 4 is 45.8 Å². The molecule has 0 aliphatic rings. The molecule has 0 saturated heterocycles. The van der Waals surface area contributed by atoms with E-state index in [1.54, 1.807) is 18.2 Å². The van der Waals surface area contributed by atoms with E-state index in [0.29, 0.717) is 22.0 Å². The van der Waals surface area contributed by atoms with Crippen molar-refractivity contribution in [2.75, 3.05) is 0 Å². The van der Waals surface area contributed by atoms with Crippen LogP contribution in [0.4, 0.5) is 4.39 Å². The summed E-state index contributed by atoms with van der Waals surface area (Å²) < 4.78 is 13.9.